The van der Waals surface area contributed by atoms with Gasteiger partial charge in [0.05, 0.1) is 13.2 Å². The molecule has 0 spiro atoms. The van der Waals surface area contributed by atoms with Crippen LogP contribution in [-0.2, 0) is 38.1 Å². The smallest absolute Gasteiger partial charge is 0.393 e. The average molecular weight is 402 g/mol. The van der Waals surface area contributed by atoms with Crippen molar-refractivity contribution in [3.8, 4) is 0 Å². The van der Waals surface area contributed by atoms with Crippen molar-refractivity contribution < 1.29 is 38.1 Å². The van der Waals surface area contributed by atoms with Crippen molar-refractivity contribution in [3.63, 3.8) is 0 Å². The van der Waals surface area contributed by atoms with Crippen molar-refractivity contribution in [1.82, 2.24) is 0 Å². The van der Waals surface area contributed by atoms with Crippen molar-refractivity contribution >= 4 is 23.9 Å². The summed E-state index contributed by atoms with van der Waals surface area (Å²) < 4.78 is 20.4. The molecule has 1 unspecified atom stereocenters. The second-order valence-corrected chi connectivity index (χ2v) is 6.52. The highest BCUT2D eigenvalue weighted by Crippen LogP contribution is 2.24. The average Bonchev–Trinajstić information content (AvgIpc) is 2.61. The molecule has 162 valence electrons. The first-order valence-corrected chi connectivity index (χ1v) is 10.1. The van der Waals surface area contributed by atoms with E-state index in [1.54, 1.807) is 0 Å². The normalized spacial score (nSPS) is 12.6. The van der Waals surface area contributed by atoms with Gasteiger partial charge in [-0.3, -0.25) is 14.4 Å². The lowest BCUT2D eigenvalue weighted by Crippen LogP contribution is -2.50. The predicted molar refractivity (Wildman–Crippen MR) is 101 cm³/mol. The van der Waals surface area contributed by atoms with Crippen LogP contribution in [0, 0.1) is 0 Å². The molecule has 0 aromatic rings. The van der Waals surface area contributed by atoms with Crippen LogP contribution in [0.3, 0.4) is 0 Å². The van der Waals surface area contributed by atoms with Crippen LogP contribution in [0.1, 0.15) is 85.5 Å². The number of esters is 4. The molecule has 0 radical (unpaired) electrons. The lowest BCUT2D eigenvalue weighted by atomic mass is 10.1. The molecule has 8 heteroatoms. The van der Waals surface area contributed by atoms with Crippen LogP contribution in [0.2, 0.25) is 0 Å². The molecule has 0 saturated heterocycles. The summed E-state index contributed by atoms with van der Waals surface area (Å²) in [7, 11) is 0. The van der Waals surface area contributed by atoms with Crippen LogP contribution in [0.15, 0.2) is 0 Å². The molecule has 0 aliphatic rings. The van der Waals surface area contributed by atoms with Gasteiger partial charge in [0, 0.05) is 13.3 Å². The minimum Gasteiger partial charge on any atom is -0.465 e. The van der Waals surface area contributed by atoms with Gasteiger partial charge in [-0.15, -0.1) is 0 Å². The zero-order valence-electron chi connectivity index (χ0n) is 17.5. The van der Waals surface area contributed by atoms with E-state index < -0.39 is 36.1 Å². The molecule has 0 rings (SSSR count). The first kappa shape index (κ1) is 25.9. The summed E-state index contributed by atoms with van der Waals surface area (Å²) in [5, 5.41) is 0. The predicted octanol–water partition coefficient (Wildman–Crippen LogP) is 3.45. The maximum absolute atomic E-state index is 12.6. The Labute approximate surface area is 167 Å². The van der Waals surface area contributed by atoms with Crippen molar-refractivity contribution in [2.45, 2.75) is 91.3 Å². The fourth-order valence-electron chi connectivity index (χ4n) is 2.23. The van der Waals surface area contributed by atoms with Gasteiger partial charge in [-0.05, 0) is 19.3 Å². The molecule has 28 heavy (non-hydrogen) atoms. The SMILES string of the molecule is CCCCCC(=O)OC(CC(=O)OCCCC)(OC(C)=O)C(=O)OCCCC. The summed E-state index contributed by atoms with van der Waals surface area (Å²) in [6.07, 6.45) is 4.33. The maximum atomic E-state index is 12.6. The third kappa shape index (κ3) is 10.9. The van der Waals surface area contributed by atoms with Crippen molar-refractivity contribution in [2.24, 2.45) is 0 Å². The highest BCUT2D eigenvalue weighted by atomic mass is 16.8. The third-order valence-electron chi connectivity index (χ3n) is 3.75. The number of hydrogen-bond acceptors (Lipinski definition) is 8. The molecule has 0 aliphatic carbocycles. The highest BCUT2D eigenvalue weighted by molar-refractivity contribution is 5.89. The van der Waals surface area contributed by atoms with E-state index >= 15 is 0 Å². The van der Waals surface area contributed by atoms with Crippen molar-refractivity contribution in [2.75, 3.05) is 13.2 Å². The molecule has 1 atom stereocenters. The van der Waals surface area contributed by atoms with Crippen LogP contribution in [-0.4, -0.2) is 42.9 Å². The van der Waals surface area contributed by atoms with E-state index in [-0.39, 0.29) is 19.6 Å². The lowest BCUT2D eigenvalue weighted by molar-refractivity contribution is -0.242. The minimum atomic E-state index is -2.47. The number of carbonyl (C=O) groups excluding carboxylic acids is 4. The second-order valence-electron chi connectivity index (χ2n) is 6.52. The molecule has 8 nitrogen and oxygen atoms in total. The Morgan fingerprint density at radius 1 is 0.714 bits per heavy atom. The van der Waals surface area contributed by atoms with Gasteiger partial charge in [-0.2, -0.15) is 0 Å². The van der Waals surface area contributed by atoms with Gasteiger partial charge in [0.2, 0.25) is 0 Å². The molecule has 0 fully saturated rings. The third-order valence-corrected chi connectivity index (χ3v) is 3.75. The maximum Gasteiger partial charge on any atom is 0.393 e. The van der Waals surface area contributed by atoms with E-state index in [2.05, 4.69) is 0 Å². The van der Waals surface area contributed by atoms with E-state index in [1.165, 1.54) is 0 Å². The van der Waals surface area contributed by atoms with Gasteiger partial charge in [0.15, 0.2) is 0 Å². The fraction of sp³-hybridized carbons (Fsp3) is 0.800. The molecule has 0 aromatic heterocycles. The summed E-state index contributed by atoms with van der Waals surface area (Å²) >= 11 is 0. The Kier molecular flexibility index (Phi) is 13.8. The molecule has 0 N–H and O–H groups in total. The Balaban J connectivity index is 5.41. The zero-order valence-corrected chi connectivity index (χ0v) is 17.5. The Hall–Kier alpha value is -2.12. The van der Waals surface area contributed by atoms with E-state index in [1.807, 2.05) is 20.8 Å². The quantitative estimate of drug-likeness (QED) is 0.177. The second kappa shape index (κ2) is 14.9. The van der Waals surface area contributed by atoms with E-state index in [0.717, 1.165) is 32.6 Å². The number of carbonyl (C=O) groups is 4. The molecular weight excluding hydrogens is 368 g/mol. The summed E-state index contributed by atoms with van der Waals surface area (Å²) in [4.78, 5) is 48.6. The molecular formula is C20H34O8. The topological polar surface area (TPSA) is 105 Å². The van der Waals surface area contributed by atoms with Crippen LogP contribution < -0.4 is 0 Å². The van der Waals surface area contributed by atoms with Gasteiger partial charge in [0.1, 0.15) is 6.42 Å². The van der Waals surface area contributed by atoms with Gasteiger partial charge in [0.25, 0.3) is 0 Å². The minimum absolute atomic E-state index is 0.0317. The van der Waals surface area contributed by atoms with Gasteiger partial charge < -0.3 is 18.9 Å². The molecule has 0 aliphatic heterocycles. The first-order valence-electron chi connectivity index (χ1n) is 10.1. The lowest BCUT2D eigenvalue weighted by Gasteiger charge is -2.29. The summed E-state index contributed by atoms with van der Waals surface area (Å²) in [6, 6.07) is 0. The van der Waals surface area contributed by atoms with Crippen LogP contribution in [0.4, 0.5) is 0 Å². The van der Waals surface area contributed by atoms with E-state index in [4.69, 9.17) is 18.9 Å². The Morgan fingerprint density at radius 2 is 1.29 bits per heavy atom. The number of rotatable bonds is 15. The zero-order chi connectivity index (χ0) is 21.4. The highest BCUT2D eigenvalue weighted by Gasteiger charge is 2.50. The molecule has 0 saturated carbocycles. The number of unbranched alkanes of at least 4 members (excludes halogenated alkanes) is 4. The molecule has 0 amide bonds. The van der Waals surface area contributed by atoms with Crippen LogP contribution >= 0.6 is 0 Å². The van der Waals surface area contributed by atoms with Crippen molar-refractivity contribution in [1.29, 1.82) is 0 Å². The van der Waals surface area contributed by atoms with Gasteiger partial charge in [-0.25, -0.2) is 4.79 Å². The summed E-state index contributed by atoms with van der Waals surface area (Å²) in [6.45, 7) is 7.08. The molecule has 0 bridgehead atoms. The van der Waals surface area contributed by atoms with Gasteiger partial charge in [-0.1, -0.05) is 46.5 Å². The number of hydrogen-bond donors (Lipinski definition) is 0. The van der Waals surface area contributed by atoms with Crippen LogP contribution in [0.25, 0.3) is 0 Å². The number of ether oxygens (including phenoxy) is 4. The van der Waals surface area contributed by atoms with Gasteiger partial charge >= 0.3 is 29.7 Å². The largest absolute Gasteiger partial charge is 0.465 e. The Bertz CT molecular complexity index is 476. The van der Waals surface area contributed by atoms with E-state index in [0.29, 0.717) is 19.3 Å². The Morgan fingerprint density at radius 3 is 1.82 bits per heavy atom. The van der Waals surface area contributed by atoms with E-state index in [9.17, 15) is 19.2 Å². The fourth-order valence-corrected chi connectivity index (χ4v) is 2.23. The molecule has 0 heterocycles. The molecule has 0 aromatic carbocycles. The summed E-state index contributed by atoms with van der Waals surface area (Å²) in [5.74, 6) is -6.00. The monoisotopic (exact) mass is 402 g/mol. The van der Waals surface area contributed by atoms with Crippen molar-refractivity contribution in [3.05, 3.63) is 0 Å². The standard InChI is InChI=1S/C20H34O8/c1-5-8-11-12-17(22)28-20(27-16(4)21,19(24)26-14-10-7-3)15-18(23)25-13-9-6-2/h5-15H2,1-4H3. The first-order chi connectivity index (χ1) is 13.3. The van der Waals surface area contributed by atoms with Crippen LogP contribution in [0.5, 0.6) is 0 Å². The summed E-state index contributed by atoms with van der Waals surface area (Å²) in [5.41, 5.74) is 0.